The van der Waals surface area contributed by atoms with E-state index in [-0.39, 0.29) is 6.10 Å². The second-order valence-corrected chi connectivity index (χ2v) is 5.45. The SMILES string of the molecule is COC[C@H]1CCCN1/N=C1\COC(C)(C)O[C@@H]1C. The fraction of sp³-hybridized carbons (Fsp3) is 0.923. The second kappa shape index (κ2) is 5.55. The molecule has 104 valence electrons. The lowest BCUT2D eigenvalue weighted by Crippen LogP contribution is -2.46. The van der Waals surface area contributed by atoms with Crippen molar-refractivity contribution < 1.29 is 14.2 Å². The maximum absolute atomic E-state index is 5.78. The molecule has 0 spiro atoms. The van der Waals surface area contributed by atoms with Crippen LogP contribution in [-0.4, -0.2) is 55.5 Å². The lowest BCUT2D eigenvalue weighted by atomic mass is 10.2. The van der Waals surface area contributed by atoms with E-state index in [9.17, 15) is 0 Å². The minimum Gasteiger partial charge on any atom is -0.382 e. The molecule has 0 saturated carbocycles. The zero-order valence-electron chi connectivity index (χ0n) is 11.8. The molecule has 18 heavy (non-hydrogen) atoms. The Balaban J connectivity index is 2.00. The van der Waals surface area contributed by atoms with Gasteiger partial charge in [0.2, 0.25) is 0 Å². The highest BCUT2D eigenvalue weighted by Gasteiger charge is 2.32. The molecule has 5 heteroatoms. The fourth-order valence-electron chi connectivity index (χ4n) is 2.48. The quantitative estimate of drug-likeness (QED) is 0.769. The van der Waals surface area contributed by atoms with Gasteiger partial charge in [-0.1, -0.05) is 0 Å². The molecule has 0 unspecified atom stereocenters. The van der Waals surface area contributed by atoms with Crippen LogP contribution in [0.15, 0.2) is 5.10 Å². The van der Waals surface area contributed by atoms with Crippen molar-refractivity contribution in [3.05, 3.63) is 0 Å². The number of hydrogen-bond donors (Lipinski definition) is 0. The number of methoxy groups -OCH3 is 1. The van der Waals surface area contributed by atoms with Crippen molar-refractivity contribution in [1.82, 2.24) is 5.01 Å². The van der Waals surface area contributed by atoms with Gasteiger partial charge in [-0.3, -0.25) is 5.01 Å². The van der Waals surface area contributed by atoms with Crippen LogP contribution in [0.2, 0.25) is 0 Å². The maximum Gasteiger partial charge on any atom is 0.164 e. The summed E-state index contributed by atoms with van der Waals surface area (Å²) in [5, 5.41) is 6.83. The van der Waals surface area contributed by atoms with Crippen LogP contribution in [0.3, 0.4) is 0 Å². The Morgan fingerprint density at radius 1 is 1.50 bits per heavy atom. The van der Waals surface area contributed by atoms with Crippen LogP contribution in [-0.2, 0) is 14.2 Å². The molecule has 0 bridgehead atoms. The first kappa shape index (κ1) is 13.8. The average molecular weight is 256 g/mol. The van der Waals surface area contributed by atoms with E-state index in [1.54, 1.807) is 7.11 Å². The zero-order valence-corrected chi connectivity index (χ0v) is 11.8. The van der Waals surface area contributed by atoms with Crippen LogP contribution in [0.5, 0.6) is 0 Å². The third kappa shape index (κ3) is 3.22. The van der Waals surface area contributed by atoms with E-state index in [1.807, 2.05) is 20.8 Å². The third-order valence-electron chi connectivity index (χ3n) is 3.46. The summed E-state index contributed by atoms with van der Waals surface area (Å²) in [6, 6.07) is 0.393. The fourth-order valence-corrected chi connectivity index (χ4v) is 2.48. The molecule has 0 aromatic carbocycles. The summed E-state index contributed by atoms with van der Waals surface area (Å²) in [7, 11) is 1.74. The Bertz CT molecular complexity index is 317. The Hall–Kier alpha value is -0.650. The summed E-state index contributed by atoms with van der Waals surface area (Å²) in [4.78, 5) is 0. The van der Waals surface area contributed by atoms with Gasteiger partial charge >= 0.3 is 0 Å². The summed E-state index contributed by atoms with van der Waals surface area (Å²) >= 11 is 0. The first-order valence-electron chi connectivity index (χ1n) is 6.66. The molecule has 2 atom stereocenters. The lowest BCUT2D eigenvalue weighted by Gasteiger charge is -2.36. The molecule has 2 aliphatic rings. The number of hydrazone groups is 1. The minimum atomic E-state index is -0.505. The molecule has 0 N–H and O–H groups in total. The molecule has 2 saturated heterocycles. The highest BCUT2D eigenvalue weighted by Crippen LogP contribution is 2.23. The maximum atomic E-state index is 5.78. The normalized spacial score (nSPS) is 34.2. The summed E-state index contributed by atoms with van der Waals surface area (Å²) in [5.41, 5.74) is 0.970. The zero-order chi connectivity index (χ0) is 13.2. The molecule has 2 heterocycles. The molecule has 5 nitrogen and oxygen atoms in total. The molecule has 0 aromatic heterocycles. The van der Waals surface area contributed by atoms with Crippen LogP contribution in [0.25, 0.3) is 0 Å². The first-order valence-corrected chi connectivity index (χ1v) is 6.66. The van der Waals surface area contributed by atoms with Crippen molar-refractivity contribution in [2.45, 2.75) is 51.5 Å². The minimum absolute atomic E-state index is 0.0116. The van der Waals surface area contributed by atoms with Crippen LogP contribution < -0.4 is 0 Å². The molecule has 0 aliphatic carbocycles. The number of ether oxygens (including phenoxy) is 3. The van der Waals surface area contributed by atoms with Gasteiger partial charge in [0, 0.05) is 13.7 Å². The highest BCUT2D eigenvalue weighted by molar-refractivity contribution is 5.89. The van der Waals surface area contributed by atoms with E-state index >= 15 is 0 Å². The van der Waals surface area contributed by atoms with Crippen molar-refractivity contribution in [1.29, 1.82) is 0 Å². The number of rotatable bonds is 3. The summed E-state index contributed by atoms with van der Waals surface area (Å²) in [6.07, 6.45) is 2.33. The van der Waals surface area contributed by atoms with Gasteiger partial charge in [-0.2, -0.15) is 5.10 Å². The van der Waals surface area contributed by atoms with E-state index in [0.717, 1.165) is 25.3 Å². The van der Waals surface area contributed by atoms with Crippen molar-refractivity contribution in [2.75, 3.05) is 26.9 Å². The van der Waals surface area contributed by atoms with Crippen LogP contribution in [0.4, 0.5) is 0 Å². The van der Waals surface area contributed by atoms with Crippen molar-refractivity contribution >= 4 is 5.71 Å². The Morgan fingerprint density at radius 3 is 2.94 bits per heavy atom. The van der Waals surface area contributed by atoms with Gasteiger partial charge < -0.3 is 14.2 Å². The number of nitrogens with zero attached hydrogens (tertiary/aromatic N) is 2. The Labute approximate surface area is 109 Å². The highest BCUT2D eigenvalue weighted by atomic mass is 16.7. The number of hydrogen-bond acceptors (Lipinski definition) is 5. The van der Waals surface area contributed by atoms with Gasteiger partial charge in [-0.05, 0) is 33.6 Å². The van der Waals surface area contributed by atoms with Crippen molar-refractivity contribution in [3.8, 4) is 0 Å². The molecule has 0 aromatic rings. The van der Waals surface area contributed by atoms with E-state index in [2.05, 4.69) is 5.01 Å². The summed E-state index contributed by atoms with van der Waals surface area (Å²) in [5.74, 6) is -0.505. The van der Waals surface area contributed by atoms with Gasteiger partial charge in [0.1, 0.15) is 6.10 Å². The molecular weight excluding hydrogens is 232 g/mol. The van der Waals surface area contributed by atoms with E-state index in [0.29, 0.717) is 12.6 Å². The molecule has 2 fully saturated rings. The van der Waals surface area contributed by atoms with Crippen molar-refractivity contribution in [3.63, 3.8) is 0 Å². The van der Waals surface area contributed by atoms with Gasteiger partial charge in [0.25, 0.3) is 0 Å². The monoisotopic (exact) mass is 256 g/mol. The van der Waals surface area contributed by atoms with Gasteiger partial charge in [0.05, 0.1) is 25.0 Å². The van der Waals surface area contributed by atoms with Crippen molar-refractivity contribution in [2.24, 2.45) is 5.10 Å². The predicted molar refractivity (Wildman–Crippen MR) is 69.6 cm³/mol. The molecule has 2 aliphatic heterocycles. The van der Waals surface area contributed by atoms with E-state index in [1.165, 1.54) is 6.42 Å². The van der Waals surface area contributed by atoms with Crippen LogP contribution in [0.1, 0.15) is 33.6 Å². The third-order valence-corrected chi connectivity index (χ3v) is 3.46. The van der Waals surface area contributed by atoms with Gasteiger partial charge in [-0.25, -0.2) is 0 Å². The summed E-state index contributed by atoms with van der Waals surface area (Å²) < 4.78 is 16.7. The van der Waals surface area contributed by atoms with E-state index in [4.69, 9.17) is 19.3 Å². The Morgan fingerprint density at radius 2 is 2.28 bits per heavy atom. The smallest absolute Gasteiger partial charge is 0.164 e. The largest absolute Gasteiger partial charge is 0.382 e. The average Bonchev–Trinajstić information content (AvgIpc) is 2.70. The lowest BCUT2D eigenvalue weighted by molar-refractivity contribution is -0.231. The molecule has 0 radical (unpaired) electrons. The van der Waals surface area contributed by atoms with Crippen LogP contribution in [0, 0.1) is 0 Å². The van der Waals surface area contributed by atoms with Gasteiger partial charge in [0.15, 0.2) is 5.79 Å². The molecule has 0 amide bonds. The predicted octanol–water partition coefficient (Wildman–Crippen LogP) is 1.62. The first-order chi connectivity index (χ1) is 8.52. The molecular formula is C13H24N2O3. The van der Waals surface area contributed by atoms with E-state index < -0.39 is 5.79 Å². The molecule has 2 rings (SSSR count). The summed E-state index contributed by atoms with van der Waals surface area (Å²) in [6.45, 7) is 8.18. The van der Waals surface area contributed by atoms with Crippen LogP contribution >= 0.6 is 0 Å². The standard InChI is InChI=1S/C13H24N2O3/c1-10-12(9-17-13(2,3)18-10)14-15-7-5-6-11(15)8-16-4/h10-11H,5-9H2,1-4H3/b14-12+/t10-,11-/m1/s1. The topological polar surface area (TPSA) is 43.3 Å². The second-order valence-electron chi connectivity index (χ2n) is 5.45. The van der Waals surface area contributed by atoms with Gasteiger partial charge in [-0.15, -0.1) is 0 Å². The Kier molecular flexibility index (Phi) is 4.25.